The number of rotatable bonds is 0. The van der Waals surface area contributed by atoms with Gasteiger partial charge in [-0.05, 0) is 12.5 Å². The van der Waals surface area contributed by atoms with Crippen molar-refractivity contribution in [2.24, 2.45) is 0 Å². The van der Waals surface area contributed by atoms with E-state index in [0.29, 0.717) is 0 Å². The molecule has 0 aromatic rings. The molecule has 0 nitrogen and oxygen atoms in total. The largest absolute Gasteiger partial charge is 0.813 e. The van der Waals surface area contributed by atoms with E-state index in [0.717, 1.165) is 0 Å². The third-order valence-electron chi connectivity index (χ3n) is 0. The predicted molar refractivity (Wildman–Crippen MR) is 51.3 cm³/mol. The molecule has 0 atom stereocenters. The number of hydrogen-bond donors (Lipinski definition) is 1. The minimum absolute atomic E-state index is 0. The average Bonchev–Trinajstić information content (AvgIpc) is 1.46. The van der Waals surface area contributed by atoms with Gasteiger partial charge in [-0.3, -0.25) is 0 Å². The van der Waals surface area contributed by atoms with Gasteiger partial charge in [-0.25, -0.2) is 0 Å². The zero-order chi connectivity index (χ0) is 4.71. The molecule has 56 valence electrons. The summed E-state index contributed by atoms with van der Waals surface area (Å²) in [5.74, 6) is 0. The van der Waals surface area contributed by atoms with Crippen LogP contribution < -0.4 is 0 Å². The van der Waals surface area contributed by atoms with Crippen LogP contribution in [0, 0.1) is 0 Å². The van der Waals surface area contributed by atoms with Gasteiger partial charge in [0.1, 0.15) is 0 Å². The summed E-state index contributed by atoms with van der Waals surface area (Å²) in [7, 11) is 1.33. The maximum Gasteiger partial charge on any atom is 0 e. The van der Waals surface area contributed by atoms with Crippen molar-refractivity contribution in [2.45, 2.75) is 7.43 Å². The summed E-state index contributed by atoms with van der Waals surface area (Å²) in [5.41, 5.74) is 0. The van der Waals surface area contributed by atoms with Crippen molar-refractivity contribution in [1.82, 2.24) is 0 Å². The molecule has 9 heavy (non-hydrogen) atoms. The van der Waals surface area contributed by atoms with Crippen LogP contribution in [0.1, 0.15) is 7.43 Å². The van der Waals surface area contributed by atoms with Gasteiger partial charge in [-0.2, -0.15) is 12.6 Å². The SMILES string of the molecule is C.CS.CS[S-].[SH-].[Y].[Y]. The van der Waals surface area contributed by atoms with Crippen LogP contribution in [0.3, 0.4) is 0 Å². The minimum atomic E-state index is 0. The Labute approximate surface area is 131 Å². The van der Waals surface area contributed by atoms with Crippen LogP contribution in [0.15, 0.2) is 0 Å². The van der Waals surface area contributed by atoms with Crippen LogP contribution in [-0.4, -0.2) is 12.5 Å². The summed E-state index contributed by atoms with van der Waals surface area (Å²) in [4.78, 5) is 0. The van der Waals surface area contributed by atoms with E-state index in [1.807, 2.05) is 6.26 Å². The standard InChI is InChI=1S/CH4S2.CH4S.CH4.H2S.2Y/c1-3-2;1-2;;;;/h2H,1H3;2H,1H3;1H4;1H2;;/p-2. The van der Waals surface area contributed by atoms with E-state index in [-0.39, 0.29) is 86.3 Å². The third-order valence-corrected chi connectivity index (χ3v) is 0. The second-order valence-corrected chi connectivity index (χ2v) is 1.50. The van der Waals surface area contributed by atoms with Gasteiger partial charge < -0.3 is 36.0 Å². The first-order valence-electron chi connectivity index (χ1n) is 1.02. The fraction of sp³-hybridized carbons (Fsp3) is 1.00. The molecule has 2 radical (unpaired) electrons. The molecule has 0 saturated carbocycles. The van der Waals surface area contributed by atoms with Crippen molar-refractivity contribution < 1.29 is 65.4 Å². The summed E-state index contributed by atoms with van der Waals surface area (Å²) < 4.78 is 0. The van der Waals surface area contributed by atoms with Gasteiger partial charge in [-0.15, -0.1) is 0 Å². The maximum atomic E-state index is 4.31. The fourth-order valence-corrected chi connectivity index (χ4v) is 0. The summed E-state index contributed by atoms with van der Waals surface area (Å²) in [6, 6.07) is 0. The molecule has 0 fully saturated rings. The second-order valence-electron chi connectivity index (χ2n) is 0.167. The zero-order valence-corrected chi connectivity index (χ0v) is 14.0. The molecule has 0 aliphatic carbocycles. The van der Waals surface area contributed by atoms with Crippen molar-refractivity contribution in [2.75, 3.05) is 12.5 Å². The molecule has 0 aliphatic rings. The van der Waals surface area contributed by atoms with Gasteiger partial charge in [-0.1, -0.05) is 7.43 Å². The predicted octanol–water partition coefficient (Wildman–Crippen LogP) is 1.72. The minimum Gasteiger partial charge on any atom is -0.813 e. The molecule has 0 aromatic heterocycles. The van der Waals surface area contributed by atoms with Gasteiger partial charge in [0.15, 0.2) is 0 Å². The molecule has 0 N–H and O–H groups in total. The molecule has 0 aliphatic heterocycles. The Bertz CT molecular complexity index is 13.8. The van der Waals surface area contributed by atoms with E-state index in [1.54, 1.807) is 6.26 Å². The van der Waals surface area contributed by atoms with Crippen LogP contribution >= 0.6 is 23.4 Å². The van der Waals surface area contributed by atoms with Gasteiger partial charge in [0.05, 0.1) is 0 Å². The van der Waals surface area contributed by atoms with E-state index in [9.17, 15) is 0 Å². The van der Waals surface area contributed by atoms with Crippen molar-refractivity contribution in [1.29, 1.82) is 0 Å². The summed E-state index contributed by atoms with van der Waals surface area (Å²) in [6.07, 6.45) is 3.55. The second kappa shape index (κ2) is 61.5. The summed E-state index contributed by atoms with van der Waals surface area (Å²) in [5, 5.41) is 0. The first kappa shape index (κ1) is 38.9. The molecule has 0 spiro atoms. The van der Waals surface area contributed by atoms with E-state index in [4.69, 9.17) is 0 Å². The summed E-state index contributed by atoms with van der Waals surface area (Å²) in [6.45, 7) is 0. The summed E-state index contributed by atoms with van der Waals surface area (Å²) >= 11 is 7.84. The van der Waals surface area contributed by atoms with Crippen molar-refractivity contribution in [3.05, 3.63) is 0 Å². The van der Waals surface area contributed by atoms with E-state index < -0.39 is 0 Å². The van der Waals surface area contributed by atoms with Gasteiger partial charge in [0.25, 0.3) is 0 Å². The topological polar surface area (TPSA) is 0 Å². The fourth-order valence-electron chi connectivity index (χ4n) is 0. The number of hydrogen-bond acceptors (Lipinski definition) is 4. The van der Waals surface area contributed by atoms with Crippen LogP contribution in [0.5, 0.6) is 0 Å². The molecule has 0 unspecified atom stereocenters. The first-order valence-corrected chi connectivity index (χ1v) is 4.07. The molecule has 6 heteroatoms. The van der Waals surface area contributed by atoms with Crippen LogP contribution in [-0.2, 0) is 90.6 Å². The van der Waals surface area contributed by atoms with E-state index in [2.05, 4.69) is 24.3 Å². The Hall–Kier alpha value is 3.61. The molecular weight excluding hydrogens is 342 g/mol. The Morgan fingerprint density at radius 2 is 1.22 bits per heavy atom. The molecule has 0 saturated heterocycles. The van der Waals surface area contributed by atoms with Crippen molar-refractivity contribution in [3.8, 4) is 0 Å². The normalized spacial score (nSPS) is 2.67. The molecule has 0 rings (SSSR count). The Balaban J connectivity index is -0.00000000357. The maximum absolute atomic E-state index is 4.31. The van der Waals surface area contributed by atoms with E-state index >= 15 is 0 Å². The monoisotopic (exact) mass is 354 g/mol. The number of thiol groups is 2. The molecule has 0 aromatic carbocycles. The van der Waals surface area contributed by atoms with E-state index in [1.165, 1.54) is 10.8 Å². The third kappa shape index (κ3) is 82.3. The van der Waals surface area contributed by atoms with Crippen LogP contribution in [0.2, 0.25) is 0 Å². The Morgan fingerprint density at radius 1 is 1.22 bits per heavy atom. The Kier molecular flexibility index (Phi) is 266. The quantitative estimate of drug-likeness (QED) is 0.400. The first-order chi connectivity index (χ1) is 2.41. The van der Waals surface area contributed by atoms with Crippen molar-refractivity contribution >= 4 is 48.6 Å². The average molecular weight is 354 g/mol. The van der Waals surface area contributed by atoms with Crippen LogP contribution in [0.25, 0.3) is 0 Å². The molecule has 0 amide bonds. The molecular formula is C3H12S4Y2-2. The zero-order valence-electron chi connectivity index (χ0n) is 4.87. The van der Waals surface area contributed by atoms with Crippen molar-refractivity contribution in [3.63, 3.8) is 0 Å². The molecule has 0 bridgehead atoms. The van der Waals surface area contributed by atoms with Gasteiger partial charge >= 0.3 is 0 Å². The Morgan fingerprint density at radius 3 is 1.22 bits per heavy atom. The van der Waals surface area contributed by atoms with Gasteiger partial charge in [0, 0.05) is 65.4 Å². The van der Waals surface area contributed by atoms with Crippen LogP contribution in [0.4, 0.5) is 0 Å². The van der Waals surface area contributed by atoms with Gasteiger partial charge in [0.2, 0.25) is 0 Å². The smallest absolute Gasteiger partial charge is 0 e. The molecule has 0 heterocycles.